The Morgan fingerprint density at radius 3 is 2.80 bits per heavy atom. The molecule has 0 fully saturated rings. The van der Waals surface area contributed by atoms with Gasteiger partial charge in [0.15, 0.2) is 5.58 Å². The maximum Gasteiger partial charge on any atom is 0.228 e. The fourth-order valence-electron chi connectivity index (χ4n) is 1.92. The van der Waals surface area contributed by atoms with Crippen LogP contribution in [-0.4, -0.2) is 10.1 Å². The molecule has 0 spiro atoms. The molecule has 102 valence electrons. The third-order valence-corrected chi connectivity index (χ3v) is 4.45. The van der Waals surface area contributed by atoms with E-state index in [4.69, 9.17) is 27.6 Å². The number of oxazole rings is 1. The van der Waals surface area contributed by atoms with Gasteiger partial charge in [-0.2, -0.15) is 0 Å². The highest BCUT2D eigenvalue weighted by Crippen LogP contribution is 2.36. The van der Waals surface area contributed by atoms with Crippen LogP contribution in [0.4, 0.5) is 0 Å². The van der Waals surface area contributed by atoms with E-state index in [2.05, 4.69) is 20.9 Å². The molecule has 1 N–H and O–H groups in total. The molecule has 0 atom stereocenters. The Labute approximate surface area is 133 Å². The number of rotatable bonds is 2. The lowest BCUT2D eigenvalue weighted by Gasteiger charge is -2.00. The van der Waals surface area contributed by atoms with Crippen LogP contribution in [0.5, 0.6) is 0 Å². The van der Waals surface area contributed by atoms with Gasteiger partial charge in [0.05, 0.1) is 22.2 Å². The summed E-state index contributed by atoms with van der Waals surface area (Å²) in [6.45, 7) is -0.102. The molecule has 0 saturated carbocycles. The predicted octanol–water partition coefficient (Wildman–Crippen LogP) is 5.06. The maximum atomic E-state index is 9.18. The first-order chi connectivity index (χ1) is 9.60. The second kappa shape index (κ2) is 5.37. The summed E-state index contributed by atoms with van der Waals surface area (Å²) in [6, 6.07) is 8.90. The summed E-state index contributed by atoms with van der Waals surface area (Å²) < 4.78 is 6.46. The van der Waals surface area contributed by atoms with Gasteiger partial charge in [-0.25, -0.2) is 4.98 Å². The minimum atomic E-state index is -0.102. The smallest absolute Gasteiger partial charge is 0.228 e. The van der Waals surface area contributed by atoms with Gasteiger partial charge < -0.3 is 9.52 Å². The summed E-state index contributed by atoms with van der Waals surface area (Å²) in [6.07, 6.45) is 0. The fraction of sp³-hybridized carbons (Fsp3) is 0.0714. The Hall–Kier alpha value is -1.07. The molecule has 6 heteroatoms. The van der Waals surface area contributed by atoms with Gasteiger partial charge >= 0.3 is 0 Å². The number of fused-ring (bicyclic) bond motifs is 1. The van der Waals surface area contributed by atoms with E-state index in [-0.39, 0.29) is 6.61 Å². The Morgan fingerprint density at radius 1 is 1.25 bits per heavy atom. The second-order valence-corrected chi connectivity index (χ2v) is 5.84. The molecule has 0 amide bonds. The van der Waals surface area contributed by atoms with Crippen LogP contribution < -0.4 is 0 Å². The standard InChI is InChI=1S/C14H8BrCl2NO2/c15-9-3-1-2-8(12(9)17)14-18-11-5-7(6-19)4-10(16)13(11)20-14/h1-5,19H,6H2. The van der Waals surface area contributed by atoms with Gasteiger partial charge in [-0.05, 0) is 45.8 Å². The Morgan fingerprint density at radius 2 is 2.05 bits per heavy atom. The van der Waals surface area contributed by atoms with Crippen molar-refractivity contribution in [3.05, 3.63) is 50.4 Å². The molecule has 0 aliphatic rings. The molecule has 0 bridgehead atoms. The summed E-state index contributed by atoms with van der Waals surface area (Å²) in [5.41, 5.74) is 2.43. The van der Waals surface area contributed by atoms with E-state index in [0.29, 0.717) is 38.2 Å². The number of aromatic nitrogens is 1. The number of halogens is 3. The summed E-state index contributed by atoms with van der Waals surface area (Å²) in [4.78, 5) is 4.39. The molecule has 3 aromatic rings. The zero-order chi connectivity index (χ0) is 14.3. The van der Waals surface area contributed by atoms with Crippen molar-refractivity contribution < 1.29 is 9.52 Å². The molecular weight excluding hydrogens is 365 g/mol. The highest BCUT2D eigenvalue weighted by molar-refractivity contribution is 9.10. The fourth-order valence-corrected chi connectivity index (χ4v) is 2.77. The molecule has 3 nitrogen and oxygen atoms in total. The Kier molecular flexibility index (Phi) is 3.73. The third kappa shape index (κ3) is 2.33. The van der Waals surface area contributed by atoms with E-state index in [1.165, 1.54) is 0 Å². The molecule has 0 aliphatic heterocycles. The van der Waals surface area contributed by atoms with Crippen molar-refractivity contribution in [2.75, 3.05) is 0 Å². The van der Waals surface area contributed by atoms with Gasteiger partial charge in [0.25, 0.3) is 0 Å². The third-order valence-electron chi connectivity index (χ3n) is 2.87. The van der Waals surface area contributed by atoms with Crippen LogP contribution in [0.1, 0.15) is 5.56 Å². The minimum Gasteiger partial charge on any atom is -0.434 e. The van der Waals surface area contributed by atoms with Gasteiger partial charge in [-0.1, -0.05) is 29.3 Å². The second-order valence-electron chi connectivity index (χ2n) is 4.20. The van der Waals surface area contributed by atoms with Crippen LogP contribution in [-0.2, 0) is 6.61 Å². The Bertz CT molecular complexity index is 801. The first-order valence-electron chi connectivity index (χ1n) is 5.74. The van der Waals surface area contributed by atoms with Crippen molar-refractivity contribution >= 4 is 50.2 Å². The lowest BCUT2D eigenvalue weighted by molar-refractivity contribution is 0.282. The average molecular weight is 373 g/mol. The van der Waals surface area contributed by atoms with Gasteiger partial charge in [-0.15, -0.1) is 0 Å². The van der Waals surface area contributed by atoms with Gasteiger partial charge in [0.2, 0.25) is 5.89 Å². The number of hydrogen-bond acceptors (Lipinski definition) is 3. The molecule has 0 aliphatic carbocycles. The minimum absolute atomic E-state index is 0.102. The van der Waals surface area contributed by atoms with E-state index >= 15 is 0 Å². The van der Waals surface area contributed by atoms with Crippen LogP contribution in [0, 0.1) is 0 Å². The number of benzene rings is 2. The molecule has 0 saturated heterocycles. The average Bonchev–Trinajstić information content (AvgIpc) is 2.86. The summed E-state index contributed by atoms with van der Waals surface area (Å²) in [5, 5.41) is 10.1. The number of aliphatic hydroxyl groups excluding tert-OH is 1. The van der Waals surface area contributed by atoms with Crippen molar-refractivity contribution in [2.24, 2.45) is 0 Å². The lowest BCUT2D eigenvalue weighted by atomic mass is 10.2. The first-order valence-corrected chi connectivity index (χ1v) is 7.29. The predicted molar refractivity (Wildman–Crippen MR) is 83.1 cm³/mol. The highest BCUT2D eigenvalue weighted by atomic mass is 79.9. The van der Waals surface area contributed by atoms with E-state index in [1.807, 2.05) is 18.2 Å². The highest BCUT2D eigenvalue weighted by Gasteiger charge is 2.15. The largest absolute Gasteiger partial charge is 0.434 e. The normalized spacial score (nSPS) is 11.2. The zero-order valence-corrected chi connectivity index (χ0v) is 13.1. The van der Waals surface area contributed by atoms with Gasteiger partial charge in [0.1, 0.15) is 5.52 Å². The van der Waals surface area contributed by atoms with E-state index in [1.54, 1.807) is 12.1 Å². The molecule has 1 heterocycles. The quantitative estimate of drug-likeness (QED) is 0.684. The molecule has 3 rings (SSSR count). The SMILES string of the molecule is OCc1cc(Cl)c2oc(-c3cccc(Br)c3Cl)nc2c1. The van der Waals surface area contributed by atoms with Crippen molar-refractivity contribution in [3.63, 3.8) is 0 Å². The maximum absolute atomic E-state index is 9.18. The van der Waals surface area contributed by atoms with Gasteiger partial charge in [-0.3, -0.25) is 0 Å². The number of hydrogen-bond donors (Lipinski definition) is 1. The van der Waals surface area contributed by atoms with Crippen LogP contribution in [0.2, 0.25) is 10.0 Å². The van der Waals surface area contributed by atoms with Crippen molar-refractivity contribution in [1.82, 2.24) is 4.98 Å². The van der Waals surface area contributed by atoms with Gasteiger partial charge in [0, 0.05) is 4.47 Å². The van der Waals surface area contributed by atoms with Crippen LogP contribution in [0.3, 0.4) is 0 Å². The van der Waals surface area contributed by atoms with Crippen molar-refractivity contribution in [2.45, 2.75) is 6.61 Å². The molecule has 0 radical (unpaired) electrons. The molecule has 20 heavy (non-hydrogen) atoms. The van der Waals surface area contributed by atoms with Crippen LogP contribution >= 0.6 is 39.1 Å². The zero-order valence-electron chi connectivity index (χ0n) is 10.0. The number of aliphatic hydroxyl groups is 1. The summed E-state index contributed by atoms with van der Waals surface area (Å²) in [7, 11) is 0. The molecule has 2 aromatic carbocycles. The topological polar surface area (TPSA) is 46.3 Å². The van der Waals surface area contributed by atoms with Crippen molar-refractivity contribution in [3.8, 4) is 11.5 Å². The molecule has 0 unspecified atom stereocenters. The van der Waals surface area contributed by atoms with E-state index < -0.39 is 0 Å². The molecular formula is C14H8BrCl2NO2. The summed E-state index contributed by atoms with van der Waals surface area (Å²) in [5.74, 6) is 0.392. The monoisotopic (exact) mass is 371 g/mol. The number of nitrogens with zero attached hydrogens (tertiary/aromatic N) is 1. The van der Waals surface area contributed by atoms with Crippen LogP contribution in [0.15, 0.2) is 39.2 Å². The first kappa shape index (κ1) is 13.9. The van der Waals surface area contributed by atoms with Crippen LogP contribution in [0.25, 0.3) is 22.6 Å². The molecule has 1 aromatic heterocycles. The van der Waals surface area contributed by atoms with E-state index in [0.717, 1.165) is 4.47 Å². The van der Waals surface area contributed by atoms with Crippen molar-refractivity contribution in [1.29, 1.82) is 0 Å². The summed E-state index contributed by atoms with van der Waals surface area (Å²) >= 11 is 15.7. The lowest BCUT2D eigenvalue weighted by Crippen LogP contribution is -1.83. The van der Waals surface area contributed by atoms with E-state index in [9.17, 15) is 5.11 Å². The Balaban J connectivity index is 2.23.